The van der Waals surface area contributed by atoms with Crippen LogP contribution in [0.4, 0.5) is 0 Å². The molecule has 1 aromatic rings. The molecule has 2 rings (SSSR count). The number of hydrogen-bond donors (Lipinski definition) is 1. The molecule has 1 fully saturated rings. The molecule has 0 saturated carbocycles. The van der Waals surface area contributed by atoms with Gasteiger partial charge in [-0.05, 0) is 5.56 Å². The van der Waals surface area contributed by atoms with E-state index in [1.165, 1.54) is 5.56 Å². The highest BCUT2D eigenvalue weighted by Gasteiger charge is 2.25. The van der Waals surface area contributed by atoms with Gasteiger partial charge in [0.05, 0.1) is 13.2 Å². The molecule has 1 aromatic carbocycles. The zero-order valence-corrected chi connectivity index (χ0v) is 8.10. The lowest BCUT2D eigenvalue weighted by molar-refractivity contribution is 0.0252. The van der Waals surface area contributed by atoms with Crippen molar-refractivity contribution in [3.8, 4) is 0 Å². The van der Waals surface area contributed by atoms with Crippen molar-refractivity contribution >= 4 is 0 Å². The largest absolute Gasteiger partial charge is 0.395 e. The van der Waals surface area contributed by atoms with Gasteiger partial charge in [-0.15, -0.1) is 0 Å². The summed E-state index contributed by atoms with van der Waals surface area (Å²) in [6, 6.07) is 10.1. The number of hydrogen-bond acceptors (Lipinski definition) is 3. The van der Waals surface area contributed by atoms with Crippen LogP contribution < -0.4 is 0 Å². The van der Waals surface area contributed by atoms with Crippen LogP contribution in [0.15, 0.2) is 30.3 Å². The van der Waals surface area contributed by atoms with Gasteiger partial charge in [-0.3, -0.25) is 4.90 Å². The second kappa shape index (κ2) is 4.55. The fourth-order valence-corrected chi connectivity index (χ4v) is 1.79. The molecule has 0 amide bonds. The summed E-state index contributed by atoms with van der Waals surface area (Å²) in [5.74, 6) is 0. The Morgan fingerprint density at radius 2 is 2.14 bits per heavy atom. The van der Waals surface area contributed by atoms with Gasteiger partial charge in [0.25, 0.3) is 0 Å². The van der Waals surface area contributed by atoms with Crippen LogP contribution >= 0.6 is 0 Å². The molecule has 3 heteroatoms. The Morgan fingerprint density at radius 3 is 2.86 bits per heavy atom. The SMILES string of the molecule is OCCN1CCOC1c1ccccc1. The van der Waals surface area contributed by atoms with Crippen LogP contribution in [-0.4, -0.2) is 36.3 Å². The molecule has 14 heavy (non-hydrogen) atoms. The molecule has 0 spiro atoms. The van der Waals surface area contributed by atoms with E-state index in [9.17, 15) is 0 Å². The molecule has 1 N–H and O–H groups in total. The summed E-state index contributed by atoms with van der Waals surface area (Å²) in [5, 5.41) is 8.89. The first-order valence-corrected chi connectivity index (χ1v) is 4.93. The average molecular weight is 193 g/mol. The minimum absolute atomic E-state index is 0.0309. The summed E-state index contributed by atoms with van der Waals surface area (Å²) in [4.78, 5) is 2.15. The maximum atomic E-state index is 8.89. The molecular formula is C11H15NO2. The van der Waals surface area contributed by atoms with E-state index in [1.807, 2.05) is 18.2 Å². The molecule has 1 unspecified atom stereocenters. The first-order chi connectivity index (χ1) is 6.92. The van der Waals surface area contributed by atoms with E-state index in [0.717, 1.165) is 13.2 Å². The van der Waals surface area contributed by atoms with Crippen LogP contribution in [0, 0.1) is 0 Å². The second-order valence-electron chi connectivity index (χ2n) is 3.39. The van der Waals surface area contributed by atoms with Gasteiger partial charge in [0.2, 0.25) is 0 Å². The monoisotopic (exact) mass is 193 g/mol. The number of β-amino-alcohol motifs (C(OH)–C–C–N with tert-alkyl or cyclic N) is 1. The maximum absolute atomic E-state index is 8.89. The van der Waals surface area contributed by atoms with Crippen LogP contribution in [0.25, 0.3) is 0 Å². The Labute approximate surface area is 83.9 Å². The van der Waals surface area contributed by atoms with Crippen molar-refractivity contribution in [1.29, 1.82) is 0 Å². The number of aliphatic hydroxyl groups is 1. The second-order valence-corrected chi connectivity index (χ2v) is 3.39. The molecule has 76 valence electrons. The van der Waals surface area contributed by atoms with E-state index in [1.54, 1.807) is 0 Å². The minimum atomic E-state index is 0.0309. The minimum Gasteiger partial charge on any atom is -0.395 e. The lowest BCUT2D eigenvalue weighted by Crippen LogP contribution is -2.26. The van der Waals surface area contributed by atoms with Crippen LogP contribution in [0.5, 0.6) is 0 Å². The van der Waals surface area contributed by atoms with E-state index in [2.05, 4.69) is 17.0 Å². The highest BCUT2D eigenvalue weighted by Crippen LogP contribution is 2.25. The third-order valence-corrected chi connectivity index (χ3v) is 2.46. The molecule has 0 bridgehead atoms. The first-order valence-electron chi connectivity index (χ1n) is 4.93. The Balaban J connectivity index is 2.10. The van der Waals surface area contributed by atoms with Gasteiger partial charge in [-0.1, -0.05) is 30.3 Å². The molecule has 1 heterocycles. The van der Waals surface area contributed by atoms with Crippen molar-refractivity contribution in [2.75, 3.05) is 26.3 Å². The van der Waals surface area contributed by atoms with Crippen molar-refractivity contribution in [3.63, 3.8) is 0 Å². The van der Waals surface area contributed by atoms with E-state index in [-0.39, 0.29) is 12.8 Å². The Kier molecular flexibility index (Phi) is 3.14. The van der Waals surface area contributed by atoms with Gasteiger partial charge in [0, 0.05) is 13.1 Å². The number of ether oxygens (including phenoxy) is 1. The van der Waals surface area contributed by atoms with Crippen molar-refractivity contribution in [1.82, 2.24) is 4.90 Å². The summed E-state index contributed by atoms with van der Waals surface area (Å²) in [6.07, 6.45) is 0.0309. The summed E-state index contributed by atoms with van der Waals surface area (Å²) in [7, 11) is 0. The molecule has 3 nitrogen and oxygen atoms in total. The molecule has 0 aliphatic carbocycles. The predicted molar refractivity (Wildman–Crippen MR) is 53.8 cm³/mol. The number of benzene rings is 1. The third kappa shape index (κ3) is 1.95. The summed E-state index contributed by atoms with van der Waals surface area (Å²) in [6.45, 7) is 2.52. The number of aliphatic hydroxyl groups excluding tert-OH is 1. The Morgan fingerprint density at radius 1 is 1.36 bits per heavy atom. The Bertz CT molecular complexity index is 276. The van der Waals surface area contributed by atoms with Gasteiger partial charge in [0.1, 0.15) is 6.23 Å². The lowest BCUT2D eigenvalue weighted by Gasteiger charge is -2.21. The molecule has 1 atom stereocenters. The Hall–Kier alpha value is -0.900. The average Bonchev–Trinajstić information content (AvgIpc) is 2.68. The normalized spacial score (nSPS) is 22.8. The fourth-order valence-electron chi connectivity index (χ4n) is 1.79. The van der Waals surface area contributed by atoms with Gasteiger partial charge in [0.15, 0.2) is 0 Å². The quantitative estimate of drug-likeness (QED) is 0.777. The lowest BCUT2D eigenvalue weighted by atomic mass is 10.2. The summed E-state index contributed by atoms with van der Waals surface area (Å²) in [5.41, 5.74) is 1.17. The highest BCUT2D eigenvalue weighted by atomic mass is 16.5. The van der Waals surface area contributed by atoms with Gasteiger partial charge < -0.3 is 9.84 Å². The van der Waals surface area contributed by atoms with E-state index < -0.39 is 0 Å². The predicted octanol–water partition coefficient (Wildman–Crippen LogP) is 1.01. The highest BCUT2D eigenvalue weighted by molar-refractivity contribution is 5.17. The molecule has 1 saturated heterocycles. The molecule has 0 radical (unpaired) electrons. The van der Waals surface area contributed by atoms with Crippen LogP contribution in [0.3, 0.4) is 0 Å². The van der Waals surface area contributed by atoms with Crippen LogP contribution in [-0.2, 0) is 4.74 Å². The standard InChI is InChI=1S/C11H15NO2/c13-8-6-12-7-9-14-11(12)10-4-2-1-3-5-10/h1-5,11,13H,6-9H2. The summed E-state index contributed by atoms with van der Waals surface area (Å²) < 4.78 is 5.62. The van der Waals surface area contributed by atoms with E-state index >= 15 is 0 Å². The van der Waals surface area contributed by atoms with Crippen LogP contribution in [0.1, 0.15) is 11.8 Å². The zero-order chi connectivity index (χ0) is 9.80. The van der Waals surface area contributed by atoms with E-state index in [0.29, 0.717) is 6.54 Å². The van der Waals surface area contributed by atoms with Crippen molar-refractivity contribution in [3.05, 3.63) is 35.9 Å². The van der Waals surface area contributed by atoms with Crippen molar-refractivity contribution in [2.24, 2.45) is 0 Å². The topological polar surface area (TPSA) is 32.7 Å². The molecular weight excluding hydrogens is 178 g/mol. The van der Waals surface area contributed by atoms with Gasteiger partial charge >= 0.3 is 0 Å². The zero-order valence-electron chi connectivity index (χ0n) is 8.10. The summed E-state index contributed by atoms with van der Waals surface area (Å²) >= 11 is 0. The van der Waals surface area contributed by atoms with Gasteiger partial charge in [-0.25, -0.2) is 0 Å². The van der Waals surface area contributed by atoms with Gasteiger partial charge in [-0.2, -0.15) is 0 Å². The molecule has 1 aliphatic rings. The third-order valence-electron chi connectivity index (χ3n) is 2.46. The fraction of sp³-hybridized carbons (Fsp3) is 0.455. The van der Waals surface area contributed by atoms with E-state index in [4.69, 9.17) is 9.84 Å². The number of nitrogens with zero attached hydrogens (tertiary/aromatic N) is 1. The molecule has 1 aliphatic heterocycles. The smallest absolute Gasteiger partial charge is 0.136 e. The maximum Gasteiger partial charge on any atom is 0.136 e. The molecule has 0 aromatic heterocycles. The first kappa shape index (κ1) is 9.65. The van der Waals surface area contributed by atoms with Crippen LogP contribution in [0.2, 0.25) is 0 Å². The number of rotatable bonds is 3. The van der Waals surface area contributed by atoms with Crippen molar-refractivity contribution in [2.45, 2.75) is 6.23 Å². The van der Waals surface area contributed by atoms with Crippen molar-refractivity contribution < 1.29 is 9.84 Å².